The molecule has 1 aliphatic heterocycles. The highest BCUT2D eigenvalue weighted by atomic mass is 16.2. The molecular weight excluding hydrogens is 194 g/mol. The van der Waals surface area contributed by atoms with Crippen LogP contribution in [0.15, 0.2) is 0 Å². The summed E-state index contributed by atoms with van der Waals surface area (Å²) >= 11 is 0. The lowest BCUT2D eigenvalue weighted by Gasteiger charge is -2.33. The van der Waals surface area contributed by atoms with Crippen LogP contribution >= 0.6 is 0 Å². The molecular formula is C10H15N3O2. The first-order valence-corrected chi connectivity index (χ1v) is 5.11. The molecule has 1 rings (SSSR count). The number of nitrogens with zero attached hydrogens (tertiary/aromatic N) is 3. The number of piperazine rings is 1. The zero-order chi connectivity index (χ0) is 11.3. The minimum absolute atomic E-state index is 0.0191. The molecule has 1 fully saturated rings. The molecule has 82 valence electrons. The van der Waals surface area contributed by atoms with E-state index >= 15 is 0 Å². The van der Waals surface area contributed by atoms with Crippen LogP contribution in [0.2, 0.25) is 0 Å². The van der Waals surface area contributed by atoms with Crippen LogP contribution in [-0.4, -0.2) is 47.8 Å². The van der Waals surface area contributed by atoms with E-state index in [1.165, 1.54) is 4.90 Å². The summed E-state index contributed by atoms with van der Waals surface area (Å²) in [5.74, 6) is -0.0762. The molecule has 0 saturated carbocycles. The Bertz CT molecular complexity index is 296. The summed E-state index contributed by atoms with van der Waals surface area (Å²) < 4.78 is 0. The number of hydrogen-bond donors (Lipinski definition) is 0. The van der Waals surface area contributed by atoms with E-state index < -0.39 is 0 Å². The summed E-state index contributed by atoms with van der Waals surface area (Å²) in [7, 11) is 0. The lowest BCUT2D eigenvalue weighted by Crippen LogP contribution is -2.53. The fraction of sp³-hybridized carbons (Fsp3) is 0.700. The van der Waals surface area contributed by atoms with Crippen LogP contribution in [0.1, 0.15) is 19.8 Å². The van der Waals surface area contributed by atoms with Crippen molar-refractivity contribution in [2.45, 2.75) is 19.8 Å². The topological polar surface area (TPSA) is 64.4 Å². The third kappa shape index (κ3) is 2.94. The van der Waals surface area contributed by atoms with Gasteiger partial charge in [0.1, 0.15) is 0 Å². The Morgan fingerprint density at radius 3 is 2.20 bits per heavy atom. The number of nitriles is 1. The van der Waals surface area contributed by atoms with Crippen molar-refractivity contribution >= 4 is 11.8 Å². The first-order chi connectivity index (χ1) is 7.19. The second-order valence-corrected chi connectivity index (χ2v) is 3.54. The molecule has 0 aromatic carbocycles. The van der Waals surface area contributed by atoms with Crippen LogP contribution in [0.4, 0.5) is 0 Å². The maximum absolute atomic E-state index is 11.6. The monoisotopic (exact) mass is 209 g/mol. The first kappa shape index (κ1) is 11.5. The third-order valence-electron chi connectivity index (χ3n) is 2.34. The second kappa shape index (κ2) is 5.35. The standard InChI is InChI=1S/C10H15N3O2/c1-2-5-12-7-10(15)13(6-3-4-11)8-9(12)14/h2-3,5-8H2,1H3. The Morgan fingerprint density at radius 1 is 1.20 bits per heavy atom. The number of hydrogen-bond acceptors (Lipinski definition) is 3. The molecule has 15 heavy (non-hydrogen) atoms. The third-order valence-corrected chi connectivity index (χ3v) is 2.34. The average molecular weight is 209 g/mol. The van der Waals surface area contributed by atoms with Gasteiger partial charge in [0.05, 0.1) is 25.6 Å². The Morgan fingerprint density at radius 2 is 1.73 bits per heavy atom. The zero-order valence-electron chi connectivity index (χ0n) is 8.90. The molecule has 0 aromatic heterocycles. The van der Waals surface area contributed by atoms with Crippen molar-refractivity contribution in [1.82, 2.24) is 9.80 Å². The van der Waals surface area contributed by atoms with E-state index in [1.54, 1.807) is 4.90 Å². The largest absolute Gasteiger partial charge is 0.332 e. The Hall–Kier alpha value is -1.57. The maximum atomic E-state index is 11.6. The van der Waals surface area contributed by atoms with Crippen molar-refractivity contribution in [1.29, 1.82) is 5.26 Å². The first-order valence-electron chi connectivity index (χ1n) is 5.11. The van der Waals surface area contributed by atoms with Crippen molar-refractivity contribution in [2.75, 3.05) is 26.2 Å². The van der Waals surface area contributed by atoms with Gasteiger partial charge in [0.2, 0.25) is 11.8 Å². The van der Waals surface area contributed by atoms with Gasteiger partial charge >= 0.3 is 0 Å². The number of carbonyl (C=O) groups is 2. The van der Waals surface area contributed by atoms with Crippen molar-refractivity contribution in [3.63, 3.8) is 0 Å². The van der Waals surface area contributed by atoms with E-state index in [0.717, 1.165) is 6.42 Å². The van der Waals surface area contributed by atoms with E-state index in [2.05, 4.69) is 0 Å². The van der Waals surface area contributed by atoms with Crippen LogP contribution < -0.4 is 0 Å². The summed E-state index contributed by atoms with van der Waals surface area (Å²) in [4.78, 5) is 26.1. The van der Waals surface area contributed by atoms with Crippen molar-refractivity contribution in [3.05, 3.63) is 0 Å². The molecule has 0 radical (unpaired) electrons. The summed E-state index contributed by atoms with van der Waals surface area (Å²) in [5, 5.41) is 8.40. The second-order valence-electron chi connectivity index (χ2n) is 3.54. The lowest BCUT2D eigenvalue weighted by molar-refractivity contribution is -0.150. The van der Waals surface area contributed by atoms with E-state index in [-0.39, 0.29) is 31.3 Å². The van der Waals surface area contributed by atoms with E-state index in [1.807, 2.05) is 13.0 Å². The molecule has 0 aliphatic carbocycles. The SMILES string of the molecule is CCCN1CC(=O)N(CCC#N)CC1=O. The summed E-state index contributed by atoms with van der Waals surface area (Å²) in [6, 6.07) is 1.97. The average Bonchev–Trinajstić information content (AvgIpc) is 2.21. The number of carbonyl (C=O) groups excluding carboxylic acids is 2. The lowest BCUT2D eigenvalue weighted by atomic mass is 10.2. The molecule has 0 N–H and O–H groups in total. The van der Waals surface area contributed by atoms with Gasteiger partial charge in [-0.15, -0.1) is 0 Å². The fourth-order valence-corrected chi connectivity index (χ4v) is 1.57. The molecule has 5 heteroatoms. The quantitative estimate of drug-likeness (QED) is 0.653. The highest BCUT2D eigenvalue weighted by Gasteiger charge is 2.28. The number of amides is 2. The Balaban J connectivity index is 2.51. The smallest absolute Gasteiger partial charge is 0.242 e. The molecule has 0 spiro atoms. The molecule has 0 atom stereocenters. The van der Waals surface area contributed by atoms with Gasteiger partial charge in [0.15, 0.2) is 0 Å². The Kier molecular flexibility index (Phi) is 4.10. The Labute approximate surface area is 89.3 Å². The predicted molar refractivity (Wildman–Crippen MR) is 53.7 cm³/mol. The van der Waals surface area contributed by atoms with Crippen molar-refractivity contribution < 1.29 is 9.59 Å². The van der Waals surface area contributed by atoms with Crippen LogP contribution in [0.5, 0.6) is 0 Å². The van der Waals surface area contributed by atoms with Gasteiger partial charge in [0.25, 0.3) is 0 Å². The molecule has 1 heterocycles. The number of rotatable bonds is 4. The van der Waals surface area contributed by atoms with E-state index in [4.69, 9.17) is 5.26 Å². The molecule has 0 aromatic rings. The molecule has 1 saturated heterocycles. The zero-order valence-corrected chi connectivity index (χ0v) is 8.90. The van der Waals surface area contributed by atoms with Gasteiger partial charge in [0, 0.05) is 13.1 Å². The summed E-state index contributed by atoms with van der Waals surface area (Å²) in [6.07, 6.45) is 1.14. The van der Waals surface area contributed by atoms with Gasteiger partial charge in [-0.2, -0.15) is 5.26 Å². The van der Waals surface area contributed by atoms with Gasteiger partial charge in [-0.1, -0.05) is 6.92 Å². The molecule has 0 bridgehead atoms. The fourth-order valence-electron chi connectivity index (χ4n) is 1.57. The minimum atomic E-state index is -0.0571. The van der Waals surface area contributed by atoms with Crippen LogP contribution in [0, 0.1) is 11.3 Å². The van der Waals surface area contributed by atoms with Crippen LogP contribution in [0.25, 0.3) is 0 Å². The van der Waals surface area contributed by atoms with Crippen molar-refractivity contribution in [2.24, 2.45) is 0 Å². The summed E-state index contributed by atoms with van der Waals surface area (Å²) in [5.41, 5.74) is 0. The molecule has 1 aliphatic rings. The molecule has 2 amide bonds. The normalized spacial score (nSPS) is 16.8. The van der Waals surface area contributed by atoms with Gasteiger partial charge in [-0.3, -0.25) is 9.59 Å². The van der Waals surface area contributed by atoms with Crippen molar-refractivity contribution in [3.8, 4) is 6.07 Å². The van der Waals surface area contributed by atoms with Gasteiger partial charge in [-0.05, 0) is 6.42 Å². The molecule has 5 nitrogen and oxygen atoms in total. The highest BCUT2D eigenvalue weighted by molar-refractivity contribution is 5.92. The van der Waals surface area contributed by atoms with E-state index in [0.29, 0.717) is 13.1 Å². The maximum Gasteiger partial charge on any atom is 0.242 e. The molecule has 0 unspecified atom stereocenters. The summed E-state index contributed by atoms with van der Waals surface area (Å²) in [6.45, 7) is 3.26. The predicted octanol–water partition coefficient (Wildman–Crippen LogP) is -0.0191. The highest BCUT2D eigenvalue weighted by Crippen LogP contribution is 2.05. The van der Waals surface area contributed by atoms with Crippen LogP contribution in [0.3, 0.4) is 0 Å². The van der Waals surface area contributed by atoms with Gasteiger partial charge in [-0.25, -0.2) is 0 Å². The van der Waals surface area contributed by atoms with Gasteiger partial charge < -0.3 is 9.80 Å². The van der Waals surface area contributed by atoms with Crippen LogP contribution in [-0.2, 0) is 9.59 Å². The van der Waals surface area contributed by atoms with E-state index in [9.17, 15) is 9.59 Å². The minimum Gasteiger partial charge on any atom is -0.332 e.